The van der Waals surface area contributed by atoms with Gasteiger partial charge in [0.1, 0.15) is 5.82 Å². The first-order valence-corrected chi connectivity index (χ1v) is 6.16. The molecule has 0 bridgehead atoms. The van der Waals surface area contributed by atoms with Gasteiger partial charge in [0.25, 0.3) is 5.89 Å². The predicted molar refractivity (Wildman–Crippen MR) is 65.5 cm³/mol. The quantitative estimate of drug-likeness (QED) is 0.900. The first-order valence-electron chi connectivity index (χ1n) is 6.16. The van der Waals surface area contributed by atoms with Crippen LogP contribution in [0.5, 0.6) is 0 Å². The molecular weight excluding hydrogens is 249 g/mol. The van der Waals surface area contributed by atoms with Crippen LogP contribution in [0.2, 0.25) is 0 Å². The second kappa shape index (κ2) is 5.07. The molecule has 1 aromatic heterocycles. The molecule has 0 saturated carbocycles. The topological polar surface area (TPSA) is 62.4 Å². The average Bonchev–Trinajstić information content (AvgIpc) is 2.82. The first kappa shape index (κ1) is 12.3. The van der Waals surface area contributed by atoms with Gasteiger partial charge >= 0.3 is 0 Å². The summed E-state index contributed by atoms with van der Waals surface area (Å²) in [5.74, 6) is 1.08. The van der Waals surface area contributed by atoms with E-state index in [2.05, 4.69) is 15.0 Å². The predicted octanol–water partition coefficient (Wildman–Crippen LogP) is 1.30. The van der Waals surface area contributed by atoms with Crippen molar-refractivity contribution in [2.75, 3.05) is 19.7 Å². The van der Waals surface area contributed by atoms with E-state index in [1.807, 2.05) is 0 Å². The van der Waals surface area contributed by atoms with Crippen molar-refractivity contribution in [1.29, 1.82) is 0 Å². The van der Waals surface area contributed by atoms with E-state index in [1.54, 1.807) is 12.1 Å². The summed E-state index contributed by atoms with van der Waals surface area (Å²) in [6.07, 6.45) is 0. The van der Waals surface area contributed by atoms with Crippen LogP contribution >= 0.6 is 0 Å². The number of likely N-dealkylation sites (tertiary alicyclic amines) is 1. The molecule has 1 saturated heterocycles. The number of hydrogen-bond acceptors (Lipinski definition) is 5. The number of benzene rings is 1. The van der Waals surface area contributed by atoms with Crippen molar-refractivity contribution in [3.05, 3.63) is 35.9 Å². The maximum atomic E-state index is 12.8. The van der Waals surface area contributed by atoms with Gasteiger partial charge in [-0.1, -0.05) is 5.16 Å². The van der Waals surface area contributed by atoms with Gasteiger partial charge in [-0.2, -0.15) is 4.98 Å². The molecule has 0 aliphatic carbocycles. The van der Waals surface area contributed by atoms with Crippen LogP contribution < -0.4 is 0 Å². The van der Waals surface area contributed by atoms with E-state index in [4.69, 9.17) is 9.63 Å². The standard InChI is InChI=1S/C13H14FN3O2/c14-11-3-1-10(2-4-11)13-15-12(16-19-13)7-17-5-9(6-17)8-18/h1-4,9,18H,5-8H2. The molecule has 2 heterocycles. The van der Waals surface area contributed by atoms with Gasteiger partial charge in [0, 0.05) is 31.2 Å². The van der Waals surface area contributed by atoms with Gasteiger partial charge in [0.2, 0.25) is 0 Å². The summed E-state index contributed by atoms with van der Waals surface area (Å²) in [6.45, 7) is 2.55. The number of aliphatic hydroxyl groups is 1. The zero-order chi connectivity index (χ0) is 13.2. The summed E-state index contributed by atoms with van der Waals surface area (Å²) in [4.78, 5) is 6.42. The molecule has 19 heavy (non-hydrogen) atoms. The van der Waals surface area contributed by atoms with Crippen LogP contribution in [-0.4, -0.2) is 39.8 Å². The molecule has 1 aromatic carbocycles. The Morgan fingerprint density at radius 2 is 2.05 bits per heavy atom. The molecule has 1 aliphatic rings. The smallest absolute Gasteiger partial charge is 0.257 e. The molecule has 0 atom stereocenters. The minimum Gasteiger partial charge on any atom is -0.396 e. The highest BCUT2D eigenvalue weighted by Gasteiger charge is 2.27. The van der Waals surface area contributed by atoms with Crippen LogP contribution in [0.4, 0.5) is 4.39 Å². The molecule has 2 aromatic rings. The third-order valence-corrected chi connectivity index (χ3v) is 3.22. The van der Waals surface area contributed by atoms with Gasteiger partial charge in [-0.05, 0) is 24.3 Å². The highest BCUT2D eigenvalue weighted by atomic mass is 19.1. The maximum absolute atomic E-state index is 12.8. The van der Waals surface area contributed by atoms with Crippen molar-refractivity contribution in [2.24, 2.45) is 5.92 Å². The lowest BCUT2D eigenvalue weighted by molar-refractivity contribution is 0.0454. The Morgan fingerprint density at radius 1 is 1.32 bits per heavy atom. The fraction of sp³-hybridized carbons (Fsp3) is 0.385. The number of nitrogens with zero attached hydrogens (tertiary/aromatic N) is 3. The van der Waals surface area contributed by atoms with E-state index < -0.39 is 0 Å². The number of halogens is 1. The lowest BCUT2D eigenvalue weighted by atomic mass is 10.0. The van der Waals surface area contributed by atoms with Crippen LogP contribution in [0.25, 0.3) is 11.5 Å². The highest BCUT2D eigenvalue weighted by molar-refractivity contribution is 5.52. The third kappa shape index (κ3) is 2.64. The van der Waals surface area contributed by atoms with Crippen LogP contribution in [0, 0.1) is 11.7 Å². The molecule has 100 valence electrons. The lowest BCUT2D eigenvalue weighted by Gasteiger charge is -2.37. The summed E-state index contributed by atoms with van der Waals surface area (Å²) in [5, 5.41) is 12.8. The minimum absolute atomic E-state index is 0.226. The Bertz CT molecular complexity index is 549. The van der Waals surface area contributed by atoms with Crippen molar-refractivity contribution < 1.29 is 14.0 Å². The molecular formula is C13H14FN3O2. The van der Waals surface area contributed by atoms with Crippen LogP contribution in [0.3, 0.4) is 0 Å². The number of hydrogen-bond donors (Lipinski definition) is 1. The van der Waals surface area contributed by atoms with Gasteiger partial charge in [-0.25, -0.2) is 4.39 Å². The van der Waals surface area contributed by atoms with Gasteiger partial charge in [-0.15, -0.1) is 0 Å². The second-order valence-corrected chi connectivity index (χ2v) is 4.77. The minimum atomic E-state index is -0.292. The van der Waals surface area contributed by atoms with E-state index >= 15 is 0 Å². The molecule has 6 heteroatoms. The molecule has 5 nitrogen and oxygen atoms in total. The Kier molecular flexibility index (Phi) is 3.27. The van der Waals surface area contributed by atoms with E-state index in [0.717, 1.165) is 13.1 Å². The number of rotatable bonds is 4. The summed E-state index contributed by atoms with van der Waals surface area (Å²) >= 11 is 0. The van der Waals surface area contributed by atoms with E-state index in [-0.39, 0.29) is 12.4 Å². The van der Waals surface area contributed by atoms with Crippen LogP contribution in [0.15, 0.2) is 28.8 Å². The van der Waals surface area contributed by atoms with Crippen molar-refractivity contribution in [1.82, 2.24) is 15.0 Å². The number of aromatic nitrogens is 2. The molecule has 0 amide bonds. The zero-order valence-corrected chi connectivity index (χ0v) is 10.3. The molecule has 1 fully saturated rings. The summed E-state index contributed by atoms with van der Waals surface area (Å²) < 4.78 is 18.0. The summed E-state index contributed by atoms with van der Waals surface area (Å²) in [6, 6.07) is 5.94. The monoisotopic (exact) mass is 263 g/mol. The van der Waals surface area contributed by atoms with Crippen LogP contribution in [0.1, 0.15) is 5.82 Å². The third-order valence-electron chi connectivity index (χ3n) is 3.22. The van der Waals surface area contributed by atoms with Crippen molar-refractivity contribution in [2.45, 2.75) is 6.54 Å². The van der Waals surface area contributed by atoms with Crippen molar-refractivity contribution >= 4 is 0 Å². The second-order valence-electron chi connectivity index (χ2n) is 4.77. The maximum Gasteiger partial charge on any atom is 0.257 e. The van der Waals surface area contributed by atoms with E-state index in [9.17, 15) is 4.39 Å². The molecule has 3 rings (SSSR count). The molecule has 0 unspecified atom stereocenters. The van der Waals surface area contributed by atoms with Crippen molar-refractivity contribution in [3.63, 3.8) is 0 Å². The Labute approximate surface area is 109 Å². The largest absolute Gasteiger partial charge is 0.396 e. The molecule has 0 spiro atoms. The molecule has 0 radical (unpaired) electrons. The van der Waals surface area contributed by atoms with Gasteiger partial charge < -0.3 is 9.63 Å². The molecule has 1 aliphatic heterocycles. The van der Waals surface area contributed by atoms with Crippen LogP contribution in [-0.2, 0) is 6.54 Å². The van der Waals surface area contributed by atoms with Crippen molar-refractivity contribution in [3.8, 4) is 11.5 Å². The summed E-state index contributed by atoms with van der Waals surface area (Å²) in [7, 11) is 0. The average molecular weight is 263 g/mol. The van der Waals surface area contributed by atoms with E-state index in [1.165, 1.54) is 12.1 Å². The lowest BCUT2D eigenvalue weighted by Crippen LogP contribution is -2.47. The van der Waals surface area contributed by atoms with Gasteiger partial charge in [0.05, 0.1) is 6.54 Å². The zero-order valence-electron chi connectivity index (χ0n) is 10.3. The highest BCUT2D eigenvalue weighted by Crippen LogP contribution is 2.20. The molecule has 1 N–H and O–H groups in total. The van der Waals surface area contributed by atoms with Gasteiger partial charge in [0.15, 0.2) is 5.82 Å². The Balaban J connectivity index is 1.65. The fourth-order valence-corrected chi connectivity index (χ4v) is 2.15. The normalized spacial score (nSPS) is 16.5. The van der Waals surface area contributed by atoms with E-state index in [0.29, 0.717) is 29.7 Å². The number of aliphatic hydroxyl groups excluding tert-OH is 1. The Hall–Kier alpha value is -1.79. The fourth-order valence-electron chi connectivity index (χ4n) is 2.15. The Morgan fingerprint density at radius 3 is 2.74 bits per heavy atom. The summed E-state index contributed by atoms with van der Waals surface area (Å²) in [5.41, 5.74) is 0.706. The first-order chi connectivity index (χ1) is 9.24. The van der Waals surface area contributed by atoms with Gasteiger partial charge in [-0.3, -0.25) is 4.90 Å². The SMILES string of the molecule is OCC1CN(Cc2noc(-c3ccc(F)cc3)n2)C1.